The van der Waals surface area contributed by atoms with Gasteiger partial charge in [0.05, 0.1) is 6.54 Å². The quantitative estimate of drug-likeness (QED) is 0.855. The van der Waals surface area contributed by atoms with Crippen molar-refractivity contribution >= 4 is 35.0 Å². The average Bonchev–Trinajstić information content (AvgIpc) is 2.25. The van der Waals surface area contributed by atoms with Crippen LogP contribution >= 0.6 is 23.2 Å². The van der Waals surface area contributed by atoms with Gasteiger partial charge in [-0.05, 0) is 24.1 Å². The number of benzene rings is 1. The molecule has 0 bridgehead atoms. The van der Waals surface area contributed by atoms with E-state index in [1.165, 1.54) is 0 Å². The summed E-state index contributed by atoms with van der Waals surface area (Å²) >= 11 is 11.7. The highest BCUT2D eigenvalue weighted by atomic mass is 35.5. The minimum atomic E-state index is -0.567. The topological polar surface area (TPSA) is 72.2 Å². The van der Waals surface area contributed by atoms with Crippen molar-refractivity contribution in [1.82, 2.24) is 5.32 Å². The Labute approximate surface area is 109 Å². The molecule has 0 saturated heterocycles. The highest BCUT2D eigenvalue weighted by Gasteiger charge is 2.06. The van der Waals surface area contributed by atoms with Crippen LogP contribution in [0.2, 0.25) is 10.0 Å². The van der Waals surface area contributed by atoms with Gasteiger partial charge in [0.2, 0.25) is 11.8 Å². The second-order valence-corrected chi connectivity index (χ2v) is 4.32. The molecule has 0 aliphatic carbocycles. The molecule has 0 saturated carbocycles. The summed E-state index contributed by atoms with van der Waals surface area (Å²) in [7, 11) is 0. The lowest BCUT2D eigenvalue weighted by Gasteiger charge is -2.05. The minimum absolute atomic E-state index is 0.146. The van der Waals surface area contributed by atoms with Crippen molar-refractivity contribution < 1.29 is 9.59 Å². The maximum Gasteiger partial charge on any atom is 0.236 e. The fourth-order valence-electron chi connectivity index (χ4n) is 1.25. The number of primary amides is 1. The molecular formula is C11H12Cl2N2O2. The lowest BCUT2D eigenvalue weighted by Crippen LogP contribution is -2.33. The molecular weight excluding hydrogens is 263 g/mol. The van der Waals surface area contributed by atoms with E-state index in [0.29, 0.717) is 16.5 Å². The second kappa shape index (κ2) is 6.47. The first kappa shape index (κ1) is 13.8. The van der Waals surface area contributed by atoms with E-state index in [1.807, 2.05) is 0 Å². The predicted molar refractivity (Wildman–Crippen MR) is 67.0 cm³/mol. The van der Waals surface area contributed by atoms with E-state index in [0.717, 1.165) is 5.56 Å². The van der Waals surface area contributed by atoms with Gasteiger partial charge in [0.25, 0.3) is 0 Å². The van der Waals surface area contributed by atoms with Gasteiger partial charge in [-0.2, -0.15) is 0 Å². The normalized spacial score (nSPS) is 10.0. The number of hydrogen-bond donors (Lipinski definition) is 2. The largest absolute Gasteiger partial charge is 0.368 e. The highest BCUT2D eigenvalue weighted by molar-refractivity contribution is 6.35. The van der Waals surface area contributed by atoms with Crippen molar-refractivity contribution in [2.45, 2.75) is 12.8 Å². The van der Waals surface area contributed by atoms with Crippen LogP contribution in [0.15, 0.2) is 18.2 Å². The van der Waals surface area contributed by atoms with Crippen LogP contribution in [0.5, 0.6) is 0 Å². The number of nitrogens with two attached hydrogens (primary N) is 1. The van der Waals surface area contributed by atoms with E-state index in [-0.39, 0.29) is 18.9 Å². The monoisotopic (exact) mass is 274 g/mol. The molecule has 4 nitrogen and oxygen atoms in total. The zero-order valence-electron chi connectivity index (χ0n) is 9.00. The van der Waals surface area contributed by atoms with Crippen molar-refractivity contribution in [3.63, 3.8) is 0 Å². The summed E-state index contributed by atoms with van der Waals surface area (Å²) < 4.78 is 0. The Morgan fingerprint density at radius 3 is 2.59 bits per heavy atom. The van der Waals surface area contributed by atoms with Crippen LogP contribution in [0.25, 0.3) is 0 Å². The van der Waals surface area contributed by atoms with Crippen LogP contribution in [0, 0.1) is 0 Å². The highest BCUT2D eigenvalue weighted by Crippen LogP contribution is 2.21. The van der Waals surface area contributed by atoms with Crippen molar-refractivity contribution in [3.05, 3.63) is 33.8 Å². The van der Waals surface area contributed by atoms with Gasteiger partial charge < -0.3 is 11.1 Å². The van der Waals surface area contributed by atoms with Crippen LogP contribution in [0.1, 0.15) is 12.0 Å². The molecule has 0 fully saturated rings. The maximum atomic E-state index is 11.3. The molecule has 1 aromatic rings. The van der Waals surface area contributed by atoms with Crippen LogP contribution in [-0.2, 0) is 16.0 Å². The van der Waals surface area contributed by atoms with E-state index in [4.69, 9.17) is 28.9 Å². The predicted octanol–water partition coefficient (Wildman–Crippen LogP) is 1.53. The zero-order valence-corrected chi connectivity index (χ0v) is 10.5. The third kappa shape index (κ3) is 5.06. The Balaban J connectivity index is 2.44. The van der Waals surface area contributed by atoms with Crippen molar-refractivity contribution in [2.75, 3.05) is 6.54 Å². The van der Waals surface area contributed by atoms with E-state index in [2.05, 4.69) is 5.32 Å². The van der Waals surface area contributed by atoms with Gasteiger partial charge in [0.1, 0.15) is 0 Å². The zero-order chi connectivity index (χ0) is 12.8. The summed E-state index contributed by atoms with van der Waals surface area (Å²) in [5, 5.41) is 3.48. The molecule has 17 heavy (non-hydrogen) atoms. The summed E-state index contributed by atoms with van der Waals surface area (Å²) in [6.07, 6.45) is 0.731. The van der Waals surface area contributed by atoms with Gasteiger partial charge in [0.15, 0.2) is 0 Å². The molecule has 3 N–H and O–H groups in total. The number of carbonyl (C=O) groups is 2. The number of rotatable bonds is 5. The molecule has 0 radical (unpaired) electrons. The van der Waals surface area contributed by atoms with Crippen LogP contribution < -0.4 is 11.1 Å². The number of amides is 2. The number of halogens is 2. The van der Waals surface area contributed by atoms with Crippen molar-refractivity contribution in [2.24, 2.45) is 5.73 Å². The summed E-state index contributed by atoms with van der Waals surface area (Å²) in [5.74, 6) is -0.808. The molecule has 0 heterocycles. The van der Waals surface area contributed by atoms with Gasteiger partial charge >= 0.3 is 0 Å². The average molecular weight is 275 g/mol. The van der Waals surface area contributed by atoms with Gasteiger partial charge in [-0.25, -0.2) is 0 Å². The van der Waals surface area contributed by atoms with Crippen LogP contribution in [-0.4, -0.2) is 18.4 Å². The van der Waals surface area contributed by atoms with Gasteiger partial charge in [-0.3, -0.25) is 9.59 Å². The third-order valence-corrected chi connectivity index (χ3v) is 2.68. The van der Waals surface area contributed by atoms with Crippen molar-refractivity contribution in [1.29, 1.82) is 0 Å². The molecule has 1 rings (SSSR count). The van der Waals surface area contributed by atoms with Gasteiger partial charge in [-0.1, -0.05) is 29.3 Å². The Morgan fingerprint density at radius 2 is 2.00 bits per heavy atom. The lowest BCUT2D eigenvalue weighted by atomic mass is 10.1. The molecule has 0 aliphatic rings. The van der Waals surface area contributed by atoms with Crippen LogP contribution in [0.4, 0.5) is 0 Å². The van der Waals surface area contributed by atoms with E-state index >= 15 is 0 Å². The third-order valence-electron chi connectivity index (χ3n) is 2.10. The lowest BCUT2D eigenvalue weighted by molar-refractivity contribution is -0.124. The van der Waals surface area contributed by atoms with E-state index in [1.54, 1.807) is 18.2 Å². The van der Waals surface area contributed by atoms with E-state index < -0.39 is 5.91 Å². The summed E-state index contributed by atoms with van der Waals surface area (Å²) in [6, 6.07) is 5.11. The Morgan fingerprint density at radius 1 is 1.29 bits per heavy atom. The standard InChI is InChI=1S/C11H12Cl2N2O2/c12-8-3-1-7(9(13)5-8)2-4-11(17)15-6-10(14)16/h1,3,5H,2,4,6H2,(H2,14,16)(H,15,17). The Bertz CT molecular complexity index is 435. The first-order chi connectivity index (χ1) is 7.99. The summed E-state index contributed by atoms with van der Waals surface area (Å²) in [5.41, 5.74) is 5.74. The molecule has 1 aromatic carbocycles. The molecule has 0 spiro atoms. The number of nitrogens with one attached hydrogen (secondary N) is 1. The van der Waals surface area contributed by atoms with Crippen molar-refractivity contribution in [3.8, 4) is 0 Å². The first-order valence-electron chi connectivity index (χ1n) is 4.98. The maximum absolute atomic E-state index is 11.3. The fourth-order valence-corrected chi connectivity index (χ4v) is 1.75. The number of carbonyl (C=O) groups excluding carboxylic acids is 2. The molecule has 2 amide bonds. The molecule has 0 aliphatic heterocycles. The van der Waals surface area contributed by atoms with Gasteiger partial charge in [0, 0.05) is 16.5 Å². The number of aryl methyl sites for hydroxylation is 1. The Kier molecular flexibility index (Phi) is 5.25. The van der Waals surface area contributed by atoms with Crippen LogP contribution in [0.3, 0.4) is 0 Å². The molecule has 92 valence electrons. The smallest absolute Gasteiger partial charge is 0.236 e. The molecule has 6 heteroatoms. The fraction of sp³-hybridized carbons (Fsp3) is 0.273. The molecule has 0 atom stereocenters. The van der Waals surface area contributed by atoms with E-state index in [9.17, 15) is 9.59 Å². The van der Waals surface area contributed by atoms with Gasteiger partial charge in [-0.15, -0.1) is 0 Å². The minimum Gasteiger partial charge on any atom is -0.368 e. The summed E-state index contributed by atoms with van der Waals surface area (Å²) in [6.45, 7) is -0.146. The molecule has 0 aromatic heterocycles. The Hall–Kier alpha value is -1.26. The first-order valence-corrected chi connectivity index (χ1v) is 5.73. The SMILES string of the molecule is NC(=O)CNC(=O)CCc1ccc(Cl)cc1Cl. The summed E-state index contributed by atoms with van der Waals surface area (Å²) in [4.78, 5) is 21.8. The molecule has 0 unspecified atom stereocenters. The second-order valence-electron chi connectivity index (χ2n) is 3.48. The number of hydrogen-bond acceptors (Lipinski definition) is 2.